The van der Waals surface area contributed by atoms with Crippen molar-refractivity contribution in [3.8, 4) is 10.9 Å². The second-order valence-electron chi connectivity index (χ2n) is 9.12. The van der Waals surface area contributed by atoms with Gasteiger partial charge in [0.05, 0.1) is 4.70 Å². The van der Waals surface area contributed by atoms with Crippen LogP contribution >= 0.6 is 11.3 Å². The van der Waals surface area contributed by atoms with Crippen LogP contribution in [0.15, 0.2) is 42.6 Å². The Bertz CT molecular complexity index is 1330. The van der Waals surface area contributed by atoms with Crippen molar-refractivity contribution < 1.29 is 13.9 Å². The fourth-order valence-electron chi connectivity index (χ4n) is 5.53. The van der Waals surface area contributed by atoms with Gasteiger partial charge in [-0.05, 0) is 55.5 Å². The molecule has 0 unspecified atom stereocenters. The molecule has 2 N–H and O–H groups in total. The van der Waals surface area contributed by atoms with Crippen LogP contribution in [0.1, 0.15) is 38.2 Å². The molecule has 0 saturated carbocycles. The Hall–Kier alpha value is -2.97. The predicted octanol–water partition coefficient (Wildman–Crippen LogP) is 5.34. The lowest BCUT2D eigenvalue weighted by atomic mass is 9.96. The van der Waals surface area contributed by atoms with E-state index in [1.807, 2.05) is 18.2 Å². The van der Waals surface area contributed by atoms with E-state index in [1.165, 1.54) is 41.2 Å². The monoisotopic (exact) mass is 464 g/mol. The Labute approximate surface area is 194 Å². The highest BCUT2D eigenvalue weighted by molar-refractivity contribution is 7.20. The van der Waals surface area contributed by atoms with Crippen LogP contribution in [0.25, 0.3) is 21.1 Å². The summed E-state index contributed by atoms with van der Waals surface area (Å²) in [6.07, 6.45) is 6.53. The van der Waals surface area contributed by atoms with Gasteiger partial charge in [-0.2, -0.15) is 4.98 Å². The third kappa shape index (κ3) is 3.87. The molecule has 6 nitrogen and oxygen atoms in total. The van der Waals surface area contributed by atoms with E-state index in [9.17, 15) is 9.18 Å². The number of amides is 1. The summed E-state index contributed by atoms with van der Waals surface area (Å²) in [5.41, 5.74) is 2.63. The normalized spacial score (nSPS) is 22.8. The fraction of sp³-hybridized carbons (Fsp3) is 0.360. The quantitative estimate of drug-likeness (QED) is 0.418. The number of aromatic nitrogens is 2. The van der Waals surface area contributed by atoms with Crippen LogP contribution in [0.4, 0.5) is 4.39 Å². The van der Waals surface area contributed by atoms with Crippen molar-refractivity contribution in [2.75, 3.05) is 0 Å². The van der Waals surface area contributed by atoms with Gasteiger partial charge in [0.25, 0.3) is 5.19 Å². The van der Waals surface area contributed by atoms with Crippen LogP contribution in [0.3, 0.4) is 0 Å². The van der Waals surface area contributed by atoms with Crippen LogP contribution in [0, 0.1) is 5.82 Å². The summed E-state index contributed by atoms with van der Waals surface area (Å²) >= 11 is 1.33. The number of carbonyl (C=O) groups is 1. The molecule has 33 heavy (non-hydrogen) atoms. The number of nitrogens with zero attached hydrogens (tertiary/aromatic N) is 2. The number of hydrogen-bond acceptors (Lipinski definition) is 5. The molecule has 2 aromatic heterocycles. The van der Waals surface area contributed by atoms with Crippen LogP contribution < -0.4 is 10.1 Å². The molecule has 2 aromatic carbocycles. The number of thiazole rings is 1. The number of halogens is 1. The highest BCUT2D eigenvalue weighted by Crippen LogP contribution is 2.38. The van der Waals surface area contributed by atoms with Crippen molar-refractivity contribution in [3.63, 3.8) is 0 Å². The van der Waals surface area contributed by atoms with E-state index < -0.39 is 0 Å². The number of piperidine rings is 1. The van der Waals surface area contributed by atoms with E-state index in [1.54, 1.807) is 13.0 Å². The number of aromatic amines is 1. The zero-order valence-electron chi connectivity index (χ0n) is 18.3. The van der Waals surface area contributed by atoms with Crippen LogP contribution in [-0.4, -0.2) is 38.9 Å². The maximum absolute atomic E-state index is 13.9. The molecule has 2 saturated heterocycles. The molecule has 4 heterocycles. The standard InChI is InChI=1S/C25H25FN4O2S/c1-14(31)28-16-9-17-5-6-18(10-16)30(17)13-15-12-27-22-11-19(7-8-20(15)22)32-25-29-24-21(26)3-2-4-23(24)33-25/h2-4,7-8,11-12,16-18,27H,5-6,9-10,13H2,1H3,(H,28,31)/t16-,17+,18-. The largest absolute Gasteiger partial charge is 0.431 e. The van der Waals surface area contributed by atoms with Gasteiger partial charge >= 0.3 is 0 Å². The average molecular weight is 465 g/mol. The van der Waals surface area contributed by atoms with E-state index in [2.05, 4.69) is 32.4 Å². The molecule has 2 aliphatic heterocycles. The summed E-state index contributed by atoms with van der Waals surface area (Å²) in [6, 6.07) is 12.3. The molecular formula is C25H25FN4O2S. The van der Waals surface area contributed by atoms with Crippen molar-refractivity contribution in [3.05, 3.63) is 54.0 Å². The number of hydrogen-bond donors (Lipinski definition) is 2. The van der Waals surface area contributed by atoms with Crippen LogP contribution in [0.5, 0.6) is 10.9 Å². The van der Waals surface area contributed by atoms with Crippen molar-refractivity contribution >= 4 is 38.4 Å². The average Bonchev–Trinajstić information content (AvgIpc) is 3.43. The van der Waals surface area contributed by atoms with Gasteiger partial charge in [-0.3, -0.25) is 9.69 Å². The van der Waals surface area contributed by atoms with Gasteiger partial charge in [0.15, 0.2) is 0 Å². The molecule has 4 aromatic rings. The van der Waals surface area contributed by atoms with Crippen LogP contribution in [0.2, 0.25) is 0 Å². The van der Waals surface area contributed by atoms with Gasteiger partial charge in [-0.25, -0.2) is 4.39 Å². The number of carbonyl (C=O) groups excluding carboxylic acids is 1. The van der Waals surface area contributed by atoms with Gasteiger partial charge in [0, 0.05) is 54.8 Å². The first kappa shape index (κ1) is 20.6. The molecule has 2 bridgehead atoms. The third-order valence-corrected chi connectivity index (χ3v) is 7.84. The highest BCUT2D eigenvalue weighted by atomic mass is 32.1. The molecule has 0 spiro atoms. The SMILES string of the molecule is CC(=O)N[C@H]1C[C@H]2CC[C@@H](C1)N2Cc1c[nH]c2cc(Oc3nc4c(F)cccc4s3)ccc12. The lowest BCUT2D eigenvalue weighted by molar-refractivity contribution is -0.120. The van der Waals surface area contributed by atoms with Gasteiger partial charge in [-0.1, -0.05) is 17.4 Å². The minimum Gasteiger partial charge on any atom is -0.431 e. The van der Waals surface area contributed by atoms with Crippen molar-refractivity contribution in [2.45, 2.75) is 57.3 Å². The Morgan fingerprint density at radius 1 is 1.27 bits per heavy atom. The Kier molecular flexibility index (Phi) is 5.07. The first-order chi connectivity index (χ1) is 16.0. The molecular weight excluding hydrogens is 439 g/mol. The van der Waals surface area contributed by atoms with E-state index in [0.29, 0.717) is 34.6 Å². The lowest BCUT2D eigenvalue weighted by Gasteiger charge is -2.39. The zero-order valence-corrected chi connectivity index (χ0v) is 19.1. The van der Waals surface area contributed by atoms with Gasteiger partial charge in [-0.15, -0.1) is 0 Å². The molecule has 6 rings (SSSR count). The maximum Gasteiger partial charge on any atom is 0.279 e. The topological polar surface area (TPSA) is 70.2 Å². The Morgan fingerprint density at radius 3 is 2.85 bits per heavy atom. The number of rotatable bonds is 5. The molecule has 8 heteroatoms. The number of ether oxygens (including phenoxy) is 1. The minimum atomic E-state index is -0.335. The van der Waals surface area contributed by atoms with Crippen LogP contribution in [-0.2, 0) is 11.3 Å². The number of H-pyrrole nitrogens is 1. The molecule has 2 aliphatic rings. The molecule has 2 fully saturated rings. The van der Waals surface area contributed by atoms with Gasteiger partial charge in [0.1, 0.15) is 17.1 Å². The van der Waals surface area contributed by atoms with E-state index in [-0.39, 0.29) is 11.7 Å². The summed E-state index contributed by atoms with van der Waals surface area (Å²) in [5.74, 6) is 0.406. The molecule has 170 valence electrons. The number of para-hydroxylation sites is 1. The Balaban J connectivity index is 1.19. The highest BCUT2D eigenvalue weighted by Gasteiger charge is 2.40. The number of fused-ring (bicyclic) bond motifs is 4. The summed E-state index contributed by atoms with van der Waals surface area (Å²) in [6.45, 7) is 2.51. The second-order valence-corrected chi connectivity index (χ2v) is 10.1. The van der Waals surface area contributed by atoms with Gasteiger partial charge in [0.2, 0.25) is 5.91 Å². The minimum absolute atomic E-state index is 0.0680. The summed E-state index contributed by atoms with van der Waals surface area (Å²) in [4.78, 5) is 21.8. The summed E-state index contributed by atoms with van der Waals surface area (Å²) in [7, 11) is 0. The zero-order chi connectivity index (χ0) is 22.5. The van der Waals surface area contributed by atoms with Crippen molar-refractivity contribution in [1.29, 1.82) is 0 Å². The van der Waals surface area contributed by atoms with E-state index in [0.717, 1.165) is 29.6 Å². The van der Waals surface area contributed by atoms with E-state index >= 15 is 0 Å². The Morgan fingerprint density at radius 2 is 2.09 bits per heavy atom. The first-order valence-corrected chi connectivity index (χ1v) is 12.2. The molecule has 1 amide bonds. The summed E-state index contributed by atoms with van der Waals surface area (Å²) in [5, 5.41) is 4.73. The lowest BCUT2D eigenvalue weighted by Crippen LogP contribution is -2.49. The smallest absolute Gasteiger partial charge is 0.279 e. The number of nitrogens with one attached hydrogen (secondary N) is 2. The molecule has 0 aliphatic carbocycles. The molecule has 0 radical (unpaired) electrons. The molecule has 3 atom stereocenters. The van der Waals surface area contributed by atoms with Crippen molar-refractivity contribution in [1.82, 2.24) is 20.2 Å². The first-order valence-electron chi connectivity index (χ1n) is 11.4. The van der Waals surface area contributed by atoms with Crippen molar-refractivity contribution in [2.24, 2.45) is 0 Å². The fourth-order valence-corrected chi connectivity index (χ4v) is 6.38. The summed E-state index contributed by atoms with van der Waals surface area (Å²) < 4.78 is 20.7. The van der Waals surface area contributed by atoms with Gasteiger partial charge < -0.3 is 15.0 Å². The van der Waals surface area contributed by atoms with E-state index in [4.69, 9.17) is 4.74 Å². The maximum atomic E-state index is 13.9. The second kappa shape index (κ2) is 8.11. The number of benzene rings is 2. The predicted molar refractivity (Wildman–Crippen MR) is 127 cm³/mol. The third-order valence-electron chi connectivity index (χ3n) is 6.94.